The molecule has 6 heteroatoms. The number of aromatic nitrogens is 2. The van der Waals surface area contributed by atoms with Gasteiger partial charge in [-0.15, -0.1) is 0 Å². The van der Waals surface area contributed by atoms with E-state index in [-0.39, 0.29) is 5.91 Å². The van der Waals surface area contributed by atoms with Gasteiger partial charge in [-0.2, -0.15) is 0 Å². The number of hydrogen-bond acceptors (Lipinski definition) is 3. The molecule has 4 aromatic rings. The molecule has 4 rings (SSSR count). The van der Waals surface area contributed by atoms with E-state index in [1.165, 1.54) is 0 Å². The van der Waals surface area contributed by atoms with Crippen molar-refractivity contribution in [1.82, 2.24) is 14.9 Å². The molecule has 0 aliphatic rings. The quantitative estimate of drug-likeness (QED) is 0.600. The predicted molar refractivity (Wildman–Crippen MR) is 97.8 cm³/mol. The Labute approximate surface area is 149 Å². The lowest BCUT2D eigenvalue weighted by Gasteiger charge is -2.04. The Bertz CT molecular complexity index is 1110. The van der Waals surface area contributed by atoms with Crippen LogP contribution in [0.15, 0.2) is 46.9 Å². The van der Waals surface area contributed by atoms with Gasteiger partial charge in [-0.1, -0.05) is 23.7 Å². The molecule has 0 unspecified atom stereocenters. The molecule has 0 saturated heterocycles. The SMILES string of the molecule is Cc1c(C(=O)NCc2nc3ccccc3n2C)oc2ccc(Cl)cc12. The average molecular weight is 354 g/mol. The van der Waals surface area contributed by atoms with Crippen LogP contribution < -0.4 is 5.32 Å². The molecule has 0 atom stereocenters. The highest BCUT2D eigenvalue weighted by atomic mass is 35.5. The van der Waals surface area contributed by atoms with Crippen LogP contribution in [-0.2, 0) is 13.6 Å². The molecule has 0 bridgehead atoms. The molecular weight excluding hydrogens is 338 g/mol. The zero-order valence-electron chi connectivity index (χ0n) is 13.8. The van der Waals surface area contributed by atoms with Gasteiger partial charge in [0.05, 0.1) is 17.6 Å². The highest BCUT2D eigenvalue weighted by Crippen LogP contribution is 2.27. The van der Waals surface area contributed by atoms with E-state index in [2.05, 4.69) is 10.3 Å². The number of aryl methyl sites for hydroxylation is 2. The lowest BCUT2D eigenvalue weighted by Crippen LogP contribution is -2.24. The van der Waals surface area contributed by atoms with Crippen LogP contribution in [0.3, 0.4) is 0 Å². The summed E-state index contributed by atoms with van der Waals surface area (Å²) in [5.74, 6) is 0.819. The largest absolute Gasteiger partial charge is 0.451 e. The first-order chi connectivity index (χ1) is 12.0. The first-order valence-electron chi connectivity index (χ1n) is 7.92. The van der Waals surface area contributed by atoms with Crippen LogP contribution >= 0.6 is 11.6 Å². The Balaban J connectivity index is 1.59. The van der Waals surface area contributed by atoms with Crippen molar-refractivity contribution in [3.8, 4) is 0 Å². The lowest BCUT2D eigenvalue weighted by molar-refractivity contribution is 0.0923. The molecule has 5 nitrogen and oxygen atoms in total. The van der Waals surface area contributed by atoms with Gasteiger partial charge < -0.3 is 14.3 Å². The van der Waals surface area contributed by atoms with Gasteiger partial charge in [0.25, 0.3) is 5.91 Å². The molecule has 2 aromatic carbocycles. The molecular formula is C19H16ClN3O2. The minimum absolute atomic E-state index is 0.267. The van der Waals surface area contributed by atoms with Gasteiger partial charge in [0, 0.05) is 23.0 Å². The Hall–Kier alpha value is -2.79. The van der Waals surface area contributed by atoms with Crippen molar-refractivity contribution in [3.63, 3.8) is 0 Å². The van der Waals surface area contributed by atoms with E-state index < -0.39 is 0 Å². The average Bonchev–Trinajstić information content (AvgIpc) is 3.11. The van der Waals surface area contributed by atoms with E-state index in [1.807, 2.05) is 42.8 Å². The van der Waals surface area contributed by atoms with Crippen molar-refractivity contribution in [2.45, 2.75) is 13.5 Å². The summed E-state index contributed by atoms with van der Waals surface area (Å²) in [6.45, 7) is 2.17. The number of fused-ring (bicyclic) bond motifs is 2. The van der Waals surface area contributed by atoms with Crippen LogP contribution in [0.1, 0.15) is 21.9 Å². The predicted octanol–water partition coefficient (Wildman–Crippen LogP) is 4.21. The van der Waals surface area contributed by atoms with Crippen LogP contribution in [0.5, 0.6) is 0 Å². The second kappa shape index (κ2) is 5.93. The zero-order valence-corrected chi connectivity index (χ0v) is 14.6. The van der Waals surface area contributed by atoms with E-state index in [0.717, 1.165) is 27.8 Å². The fourth-order valence-corrected chi connectivity index (χ4v) is 3.17. The van der Waals surface area contributed by atoms with E-state index in [1.54, 1.807) is 18.2 Å². The van der Waals surface area contributed by atoms with Crippen LogP contribution in [0.4, 0.5) is 0 Å². The van der Waals surface area contributed by atoms with Gasteiger partial charge in [0.15, 0.2) is 5.76 Å². The smallest absolute Gasteiger partial charge is 0.287 e. The van der Waals surface area contributed by atoms with Gasteiger partial charge in [-0.05, 0) is 37.3 Å². The third kappa shape index (κ3) is 2.66. The number of amides is 1. The number of rotatable bonds is 3. The standard InChI is InChI=1S/C19H16ClN3O2/c1-11-13-9-12(20)7-8-16(13)25-18(11)19(24)21-10-17-22-14-5-3-4-6-15(14)23(17)2/h3-9H,10H2,1-2H3,(H,21,24). The van der Waals surface area contributed by atoms with E-state index >= 15 is 0 Å². The maximum absolute atomic E-state index is 12.5. The summed E-state index contributed by atoms with van der Waals surface area (Å²) in [5, 5.41) is 4.35. The second-order valence-electron chi connectivity index (χ2n) is 5.96. The molecule has 1 amide bonds. The lowest BCUT2D eigenvalue weighted by atomic mass is 10.1. The van der Waals surface area contributed by atoms with Crippen molar-refractivity contribution in [2.24, 2.45) is 7.05 Å². The zero-order chi connectivity index (χ0) is 17.6. The van der Waals surface area contributed by atoms with Crippen molar-refractivity contribution in [2.75, 3.05) is 0 Å². The van der Waals surface area contributed by atoms with Crippen molar-refractivity contribution >= 4 is 39.5 Å². The molecule has 0 fully saturated rings. The minimum Gasteiger partial charge on any atom is -0.451 e. The summed E-state index contributed by atoms with van der Waals surface area (Å²) in [5.41, 5.74) is 3.36. The number of benzene rings is 2. The summed E-state index contributed by atoms with van der Waals surface area (Å²) in [6.07, 6.45) is 0. The first-order valence-corrected chi connectivity index (χ1v) is 8.29. The van der Waals surface area contributed by atoms with Crippen LogP contribution in [0.25, 0.3) is 22.0 Å². The molecule has 0 aliphatic carbocycles. The van der Waals surface area contributed by atoms with Gasteiger partial charge in [0.2, 0.25) is 0 Å². The Kier molecular flexibility index (Phi) is 3.73. The Morgan fingerprint density at radius 3 is 2.88 bits per heavy atom. The summed E-state index contributed by atoms with van der Waals surface area (Å²) in [6, 6.07) is 13.2. The summed E-state index contributed by atoms with van der Waals surface area (Å²) >= 11 is 6.02. The van der Waals surface area contributed by atoms with Gasteiger partial charge >= 0.3 is 0 Å². The third-order valence-electron chi connectivity index (χ3n) is 4.39. The summed E-state index contributed by atoms with van der Waals surface area (Å²) < 4.78 is 7.67. The van der Waals surface area contributed by atoms with Crippen molar-refractivity contribution in [1.29, 1.82) is 0 Å². The number of para-hydroxylation sites is 2. The normalized spacial score (nSPS) is 11.3. The number of carbonyl (C=O) groups is 1. The van der Waals surface area contributed by atoms with Crippen molar-refractivity contribution < 1.29 is 9.21 Å². The number of nitrogens with zero attached hydrogens (tertiary/aromatic N) is 2. The number of imidazole rings is 1. The summed E-state index contributed by atoms with van der Waals surface area (Å²) in [4.78, 5) is 17.1. The number of halogens is 1. The molecule has 126 valence electrons. The molecule has 2 heterocycles. The van der Waals surface area contributed by atoms with Gasteiger partial charge in [-0.25, -0.2) is 4.98 Å². The Morgan fingerprint density at radius 1 is 1.28 bits per heavy atom. The van der Waals surface area contributed by atoms with Gasteiger partial charge in [0.1, 0.15) is 11.4 Å². The van der Waals surface area contributed by atoms with E-state index in [0.29, 0.717) is 22.9 Å². The highest BCUT2D eigenvalue weighted by Gasteiger charge is 2.18. The fraction of sp³-hybridized carbons (Fsp3) is 0.158. The van der Waals surface area contributed by atoms with E-state index in [4.69, 9.17) is 16.0 Å². The topological polar surface area (TPSA) is 60.1 Å². The maximum atomic E-state index is 12.5. The number of carbonyl (C=O) groups excluding carboxylic acids is 1. The monoisotopic (exact) mass is 353 g/mol. The summed E-state index contributed by atoms with van der Waals surface area (Å²) in [7, 11) is 1.94. The number of nitrogens with one attached hydrogen (secondary N) is 1. The number of furan rings is 1. The molecule has 0 spiro atoms. The van der Waals surface area contributed by atoms with Gasteiger partial charge in [-0.3, -0.25) is 4.79 Å². The molecule has 0 saturated carbocycles. The highest BCUT2D eigenvalue weighted by molar-refractivity contribution is 6.31. The Morgan fingerprint density at radius 2 is 2.08 bits per heavy atom. The molecule has 2 aromatic heterocycles. The molecule has 1 N–H and O–H groups in total. The van der Waals surface area contributed by atoms with Crippen molar-refractivity contribution in [3.05, 3.63) is 64.6 Å². The van der Waals surface area contributed by atoms with Crippen LogP contribution in [-0.4, -0.2) is 15.5 Å². The molecule has 25 heavy (non-hydrogen) atoms. The fourth-order valence-electron chi connectivity index (χ4n) is 3.00. The second-order valence-corrected chi connectivity index (χ2v) is 6.39. The number of hydrogen-bond donors (Lipinski definition) is 1. The maximum Gasteiger partial charge on any atom is 0.287 e. The minimum atomic E-state index is -0.267. The van der Waals surface area contributed by atoms with Crippen LogP contribution in [0.2, 0.25) is 5.02 Å². The van der Waals surface area contributed by atoms with E-state index in [9.17, 15) is 4.79 Å². The first kappa shape index (κ1) is 15.7. The molecule has 0 radical (unpaired) electrons. The third-order valence-corrected chi connectivity index (χ3v) is 4.63. The molecule has 0 aliphatic heterocycles. The van der Waals surface area contributed by atoms with Crippen LogP contribution in [0, 0.1) is 6.92 Å².